The highest BCUT2D eigenvalue weighted by Gasteiger charge is 2.22. The van der Waals surface area contributed by atoms with Gasteiger partial charge in [0.15, 0.2) is 0 Å². The van der Waals surface area contributed by atoms with Crippen LogP contribution in [0, 0.1) is 20.8 Å². The lowest BCUT2D eigenvalue weighted by Crippen LogP contribution is -2.32. The van der Waals surface area contributed by atoms with Crippen molar-refractivity contribution in [3.05, 3.63) is 81.5 Å². The quantitative estimate of drug-likeness (QED) is 0.520. The predicted molar refractivity (Wildman–Crippen MR) is 124 cm³/mol. The number of rotatable bonds is 4. The van der Waals surface area contributed by atoms with Crippen molar-refractivity contribution in [2.45, 2.75) is 60.4 Å². The van der Waals surface area contributed by atoms with Crippen LogP contribution in [-0.2, 0) is 25.8 Å². The minimum Gasteiger partial charge on any atom is -0.367 e. The largest absolute Gasteiger partial charge is 0.367 e. The molecule has 1 aliphatic rings. The second kappa shape index (κ2) is 8.02. The molecule has 0 spiro atoms. The predicted octanol–water partition coefficient (Wildman–Crippen LogP) is 6.36. The normalized spacial score (nSPS) is 13.5. The Hall–Kier alpha value is -2.61. The zero-order chi connectivity index (χ0) is 20.5. The molecule has 29 heavy (non-hydrogen) atoms. The van der Waals surface area contributed by atoms with Crippen molar-refractivity contribution in [2.75, 3.05) is 11.4 Å². The highest BCUT2D eigenvalue weighted by Crippen LogP contribution is 2.33. The molecule has 2 heterocycles. The first-order valence-electron chi connectivity index (χ1n) is 10.9. The van der Waals surface area contributed by atoms with Crippen LogP contribution < -0.4 is 4.90 Å². The third kappa shape index (κ3) is 3.69. The fraction of sp³-hybridized carbons (Fsp3) is 0.370. The molecule has 0 fully saturated rings. The number of aryl methyl sites for hydroxylation is 5. The summed E-state index contributed by atoms with van der Waals surface area (Å²) in [5.41, 5.74) is 13.4. The van der Waals surface area contributed by atoms with Gasteiger partial charge in [-0.05, 0) is 73.6 Å². The van der Waals surface area contributed by atoms with Crippen LogP contribution >= 0.6 is 0 Å². The first-order chi connectivity index (χ1) is 14.0. The van der Waals surface area contributed by atoms with Crippen LogP contribution in [0.3, 0.4) is 0 Å². The first-order valence-corrected chi connectivity index (χ1v) is 10.9. The molecule has 0 radical (unpaired) electrons. The third-order valence-electron chi connectivity index (χ3n) is 6.35. The van der Waals surface area contributed by atoms with E-state index in [1.807, 2.05) is 0 Å². The molecule has 1 aromatic heterocycles. The molecule has 1 aliphatic heterocycles. The Bertz CT molecular complexity index is 1030. The lowest BCUT2D eigenvalue weighted by Gasteiger charge is -2.33. The molecular formula is C27H32N2. The van der Waals surface area contributed by atoms with E-state index in [0.29, 0.717) is 0 Å². The fourth-order valence-electron chi connectivity index (χ4n) is 4.76. The van der Waals surface area contributed by atoms with E-state index in [4.69, 9.17) is 4.98 Å². The number of hydrogen-bond acceptors (Lipinski definition) is 2. The van der Waals surface area contributed by atoms with Gasteiger partial charge in [-0.15, -0.1) is 0 Å². The van der Waals surface area contributed by atoms with Crippen molar-refractivity contribution in [3.8, 4) is 11.3 Å². The third-order valence-corrected chi connectivity index (χ3v) is 6.35. The van der Waals surface area contributed by atoms with Crippen LogP contribution in [-0.4, -0.2) is 11.5 Å². The molecule has 4 rings (SSSR count). The molecule has 0 aliphatic carbocycles. The average Bonchev–Trinajstić information content (AvgIpc) is 2.73. The van der Waals surface area contributed by atoms with Gasteiger partial charge in [0, 0.05) is 36.5 Å². The van der Waals surface area contributed by atoms with Gasteiger partial charge in [-0.3, -0.25) is 4.98 Å². The van der Waals surface area contributed by atoms with E-state index in [-0.39, 0.29) is 0 Å². The standard InChI is InChI=1S/C27H32N2/c1-6-21-9-8-10-22(7-2)27(21)25-16-19(4)23-17-29(14-13-24(23)28-25)26-12-11-18(3)15-20(26)5/h8-12,15-16H,6-7,13-14,17H2,1-5H3. The summed E-state index contributed by atoms with van der Waals surface area (Å²) in [5.74, 6) is 0. The van der Waals surface area contributed by atoms with E-state index < -0.39 is 0 Å². The van der Waals surface area contributed by atoms with Crippen molar-refractivity contribution < 1.29 is 0 Å². The minimum atomic E-state index is 0.953. The Morgan fingerprint density at radius 3 is 2.28 bits per heavy atom. The Kier molecular flexibility index (Phi) is 5.45. The Morgan fingerprint density at radius 1 is 0.897 bits per heavy atom. The summed E-state index contributed by atoms with van der Waals surface area (Å²) < 4.78 is 0. The van der Waals surface area contributed by atoms with Gasteiger partial charge in [0.25, 0.3) is 0 Å². The Morgan fingerprint density at radius 2 is 1.62 bits per heavy atom. The fourth-order valence-corrected chi connectivity index (χ4v) is 4.76. The molecule has 2 heteroatoms. The maximum atomic E-state index is 5.20. The van der Waals surface area contributed by atoms with Gasteiger partial charge in [-0.1, -0.05) is 49.7 Å². The molecule has 150 valence electrons. The molecule has 0 saturated heterocycles. The molecule has 0 saturated carbocycles. The van der Waals surface area contributed by atoms with Gasteiger partial charge in [-0.2, -0.15) is 0 Å². The van der Waals surface area contributed by atoms with Crippen molar-refractivity contribution in [1.82, 2.24) is 4.98 Å². The molecule has 2 aromatic carbocycles. The number of aromatic nitrogens is 1. The van der Waals surface area contributed by atoms with E-state index in [1.165, 1.54) is 50.3 Å². The second-order valence-electron chi connectivity index (χ2n) is 8.37. The maximum absolute atomic E-state index is 5.20. The van der Waals surface area contributed by atoms with Crippen molar-refractivity contribution in [1.29, 1.82) is 0 Å². The monoisotopic (exact) mass is 384 g/mol. The molecule has 0 bridgehead atoms. The SMILES string of the molecule is CCc1cccc(CC)c1-c1cc(C)c2c(n1)CCN(c1ccc(C)cc1C)C2. The zero-order valence-electron chi connectivity index (χ0n) is 18.5. The highest BCUT2D eigenvalue weighted by atomic mass is 15.1. The molecule has 0 unspecified atom stereocenters. The first kappa shape index (κ1) is 19.7. The van der Waals surface area contributed by atoms with Crippen LogP contribution in [0.4, 0.5) is 5.69 Å². The van der Waals surface area contributed by atoms with E-state index in [2.05, 4.69) is 82.0 Å². The number of hydrogen-bond donors (Lipinski definition) is 0. The second-order valence-corrected chi connectivity index (χ2v) is 8.37. The molecular weight excluding hydrogens is 352 g/mol. The molecule has 2 nitrogen and oxygen atoms in total. The molecule has 0 atom stereocenters. The number of fused-ring (bicyclic) bond motifs is 1. The van der Waals surface area contributed by atoms with Crippen LogP contribution in [0.25, 0.3) is 11.3 Å². The van der Waals surface area contributed by atoms with Crippen molar-refractivity contribution >= 4 is 5.69 Å². The molecule has 0 N–H and O–H groups in total. The van der Waals surface area contributed by atoms with E-state index in [9.17, 15) is 0 Å². The van der Waals surface area contributed by atoms with E-state index >= 15 is 0 Å². The highest BCUT2D eigenvalue weighted by molar-refractivity contribution is 5.70. The van der Waals surface area contributed by atoms with Gasteiger partial charge in [0.2, 0.25) is 0 Å². The van der Waals surface area contributed by atoms with Crippen LogP contribution in [0.2, 0.25) is 0 Å². The van der Waals surface area contributed by atoms with Crippen molar-refractivity contribution in [3.63, 3.8) is 0 Å². The summed E-state index contributed by atoms with van der Waals surface area (Å²) in [4.78, 5) is 7.72. The number of anilines is 1. The zero-order valence-corrected chi connectivity index (χ0v) is 18.5. The molecule has 0 amide bonds. The van der Waals surface area contributed by atoms with E-state index in [1.54, 1.807) is 0 Å². The van der Waals surface area contributed by atoms with Crippen LogP contribution in [0.1, 0.15) is 52.9 Å². The van der Waals surface area contributed by atoms with Crippen LogP contribution in [0.15, 0.2) is 42.5 Å². The minimum absolute atomic E-state index is 0.953. The number of benzene rings is 2. The summed E-state index contributed by atoms with van der Waals surface area (Å²) in [7, 11) is 0. The lowest BCUT2D eigenvalue weighted by molar-refractivity contribution is 0.706. The van der Waals surface area contributed by atoms with Gasteiger partial charge in [0.1, 0.15) is 0 Å². The summed E-state index contributed by atoms with van der Waals surface area (Å²) >= 11 is 0. The number of nitrogens with zero attached hydrogens (tertiary/aromatic N) is 2. The van der Waals surface area contributed by atoms with E-state index in [0.717, 1.165) is 38.0 Å². The smallest absolute Gasteiger partial charge is 0.0713 e. The lowest BCUT2D eigenvalue weighted by atomic mass is 9.92. The summed E-state index contributed by atoms with van der Waals surface area (Å²) in [5, 5.41) is 0. The summed E-state index contributed by atoms with van der Waals surface area (Å²) in [6.45, 7) is 13.1. The Balaban J connectivity index is 1.73. The van der Waals surface area contributed by atoms with Gasteiger partial charge in [-0.25, -0.2) is 0 Å². The average molecular weight is 385 g/mol. The van der Waals surface area contributed by atoms with Crippen molar-refractivity contribution in [2.24, 2.45) is 0 Å². The molecule has 3 aromatic rings. The maximum Gasteiger partial charge on any atom is 0.0713 e. The summed E-state index contributed by atoms with van der Waals surface area (Å²) in [6.07, 6.45) is 3.09. The van der Waals surface area contributed by atoms with Gasteiger partial charge < -0.3 is 4.90 Å². The van der Waals surface area contributed by atoms with Crippen LogP contribution in [0.5, 0.6) is 0 Å². The van der Waals surface area contributed by atoms with Gasteiger partial charge in [0.05, 0.1) is 5.69 Å². The Labute approximate surface area is 175 Å². The summed E-state index contributed by atoms with van der Waals surface area (Å²) in [6, 6.07) is 15.8. The number of pyridine rings is 1. The topological polar surface area (TPSA) is 16.1 Å². The van der Waals surface area contributed by atoms with Gasteiger partial charge >= 0.3 is 0 Å².